The smallest absolute Gasteiger partial charge is 0.146 e. The average Bonchev–Trinajstić information content (AvgIpc) is 3.65. The summed E-state index contributed by atoms with van der Waals surface area (Å²) in [4.78, 5) is 5.34. The molecule has 0 spiro atoms. The Labute approximate surface area is 259 Å². The highest BCUT2D eigenvalue weighted by atomic mass is 32.1. The molecular weight excluding hydrogens is 555 g/mol. The quantitative estimate of drug-likeness (QED) is 0.220. The van der Waals surface area contributed by atoms with Crippen molar-refractivity contribution < 1.29 is 0 Å². The van der Waals surface area contributed by atoms with Crippen LogP contribution in [0.15, 0.2) is 157 Å². The summed E-state index contributed by atoms with van der Waals surface area (Å²) in [6, 6.07) is 51.9. The highest BCUT2D eigenvalue weighted by Gasteiger charge is 2.24. The van der Waals surface area contributed by atoms with E-state index in [2.05, 4.69) is 162 Å². The van der Waals surface area contributed by atoms with Gasteiger partial charge in [0.15, 0.2) is 0 Å². The second kappa shape index (κ2) is 10.1. The Morgan fingerprint density at radius 2 is 1.23 bits per heavy atom. The Balaban J connectivity index is 1.30. The van der Waals surface area contributed by atoms with Crippen molar-refractivity contribution in [3.8, 4) is 5.69 Å². The summed E-state index contributed by atoms with van der Waals surface area (Å²) in [6.07, 6.45) is 1.92. The minimum absolute atomic E-state index is 0.256. The van der Waals surface area contributed by atoms with Crippen LogP contribution in [0.25, 0.3) is 53.4 Å². The minimum atomic E-state index is -0.256. The number of hydrogen-bond acceptors (Lipinski definition) is 3. The lowest BCUT2D eigenvalue weighted by Crippen LogP contribution is -2.25. The maximum absolute atomic E-state index is 5.34. The molecule has 0 radical (unpaired) electrons. The lowest BCUT2D eigenvalue weighted by atomic mass is 9.99. The molecule has 0 amide bonds. The van der Waals surface area contributed by atoms with Crippen LogP contribution in [-0.4, -0.2) is 10.3 Å². The van der Waals surface area contributed by atoms with E-state index >= 15 is 0 Å². The largest absolute Gasteiger partial charge is 0.359 e. The molecule has 0 saturated carbocycles. The number of benzene rings is 6. The maximum atomic E-state index is 5.34. The molecular formula is C40H27N3S. The molecule has 3 heterocycles. The van der Waals surface area contributed by atoms with Gasteiger partial charge < -0.3 is 9.88 Å². The topological polar surface area (TPSA) is 29.3 Å². The molecule has 1 N–H and O–H groups in total. The lowest BCUT2D eigenvalue weighted by Gasteiger charge is -2.25. The van der Waals surface area contributed by atoms with Gasteiger partial charge in [-0.2, -0.15) is 0 Å². The van der Waals surface area contributed by atoms with Crippen molar-refractivity contribution in [1.29, 1.82) is 0 Å². The Kier molecular flexibility index (Phi) is 5.75. The van der Waals surface area contributed by atoms with Gasteiger partial charge in [-0.1, -0.05) is 121 Å². The Bertz CT molecular complexity index is 2410. The third-order valence-electron chi connectivity index (χ3n) is 8.64. The molecule has 0 bridgehead atoms. The van der Waals surface area contributed by atoms with Crippen LogP contribution in [0, 0.1) is 0 Å². The predicted molar refractivity (Wildman–Crippen MR) is 187 cm³/mol. The molecule has 44 heavy (non-hydrogen) atoms. The summed E-state index contributed by atoms with van der Waals surface area (Å²) in [5, 5.41) is 8.87. The van der Waals surface area contributed by atoms with E-state index in [0.717, 1.165) is 28.1 Å². The first kappa shape index (κ1) is 25.1. The summed E-state index contributed by atoms with van der Waals surface area (Å²) >= 11 is 1.87. The monoisotopic (exact) mass is 581 g/mol. The van der Waals surface area contributed by atoms with Crippen LogP contribution in [0.2, 0.25) is 0 Å². The molecule has 0 fully saturated rings. The number of thiophene rings is 1. The van der Waals surface area contributed by atoms with Crippen molar-refractivity contribution in [2.45, 2.75) is 6.17 Å². The van der Waals surface area contributed by atoms with Crippen LogP contribution in [0.3, 0.4) is 0 Å². The van der Waals surface area contributed by atoms with E-state index in [4.69, 9.17) is 4.99 Å². The lowest BCUT2D eigenvalue weighted by molar-refractivity contribution is 0.669. The van der Waals surface area contributed by atoms with Crippen molar-refractivity contribution >= 4 is 64.7 Å². The minimum Gasteiger partial charge on any atom is -0.359 e. The third kappa shape index (κ3) is 3.92. The Morgan fingerprint density at radius 1 is 0.568 bits per heavy atom. The molecule has 9 rings (SSSR count). The molecule has 1 aliphatic heterocycles. The average molecular weight is 582 g/mol. The summed E-state index contributed by atoms with van der Waals surface area (Å²) in [5.41, 5.74) is 9.05. The number of rotatable bonds is 4. The van der Waals surface area contributed by atoms with Crippen molar-refractivity contribution in [3.05, 3.63) is 168 Å². The summed E-state index contributed by atoms with van der Waals surface area (Å²) in [6.45, 7) is 0. The van der Waals surface area contributed by atoms with Gasteiger partial charge in [-0.15, -0.1) is 11.3 Å². The summed E-state index contributed by atoms with van der Waals surface area (Å²) in [5.74, 6) is 0. The van der Waals surface area contributed by atoms with Crippen molar-refractivity contribution in [2.75, 3.05) is 0 Å². The number of aromatic nitrogens is 1. The summed E-state index contributed by atoms with van der Waals surface area (Å²) in [7, 11) is 0. The van der Waals surface area contributed by atoms with Crippen LogP contribution in [0.4, 0.5) is 0 Å². The molecule has 3 nitrogen and oxygen atoms in total. The van der Waals surface area contributed by atoms with Gasteiger partial charge in [-0.05, 0) is 41.5 Å². The van der Waals surface area contributed by atoms with Gasteiger partial charge in [-0.3, -0.25) is 4.99 Å². The SMILES string of the molecule is C1=C(c2ccccc2)NC(c2cccc3c2c2ccccc2n3-c2cccc3c2sc2ccccc23)N=C1c1ccccc1. The number of para-hydroxylation sites is 1. The van der Waals surface area contributed by atoms with E-state index in [1.54, 1.807) is 0 Å². The van der Waals surface area contributed by atoms with Crippen LogP contribution in [-0.2, 0) is 0 Å². The van der Waals surface area contributed by atoms with Crippen LogP contribution in [0.5, 0.6) is 0 Å². The second-order valence-electron chi connectivity index (χ2n) is 11.2. The third-order valence-corrected chi connectivity index (χ3v) is 9.85. The fourth-order valence-electron chi connectivity index (χ4n) is 6.68. The van der Waals surface area contributed by atoms with Gasteiger partial charge >= 0.3 is 0 Å². The highest BCUT2D eigenvalue weighted by molar-refractivity contribution is 7.26. The van der Waals surface area contributed by atoms with Gasteiger partial charge in [0, 0.05) is 37.5 Å². The first-order valence-corrected chi connectivity index (χ1v) is 15.7. The van der Waals surface area contributed by atoms with E-state index in [9.17, 15) is 0 Å². The zero-order chi connectivity index (χ0) is 29.0. The molecule has 208 valence electrons. The first-order chi connectivity index (χ1) is 21.8. The van der Waals surface area contributed by atoms with E-state index < -0.39 is 0 Å². The number of hydrogen-bond donors (Lipinski definition) is 1. The zero-order valence-electron chi connectivity index (χ0n) is 23.8. The van der Waals surface area contributed by atoms with Crippen molar-refractivity contribution in [3.63, 3.8) is 0 Å². The predicted octanol–water partition coefficient (Wildman–Crippen LogP) is 10.3. The van der Waals surface area contributed by atoms with Crippen molar-refractivity contribution in [1.82, 2.24) is 9.88 Å². The second-order valence-corrected chi connectivity index (χ2v) is 12.2. The fourth-order valence-corrected chi connectivity index (χ4v) is 7.88. The van der Waals surface area contributed by atoms with E-state index in [-0.39, 0.29) is 6.17 Å². The highest BCUT2D eigenvalue weighted by Crippen LogP contribution is 2.42. The van der Waals surface area contributed by atoms with E-state index in [0.29, 0.717) is 0 Å². The number of nitrogens with zero attached hydrogens (tertiary/aromatic N) is 2. The van der Waals surface area contributed by atoms with Gasteiger partial charge in [0.25, 0.3) is 0 Å². The number of allylic oxidation sites excluding steroid dienone is 1. The number of fused-ring (bicyclic) bond motifs is 6. The number of aliphatic imine (C=N–C) groups is 1. The van der Waals surface area contributed by atoms with Crippen LogP contribution in [0.1, 0.15) is 22.9 Å². The van der Waals surface area contributed by atoms with Gasteiger partial charge in [0.1, 0.15) is 6.17 Å². The van der Waals surface area contributed by atoms with Gasteiger partial charge in [-0.25, -0.2) is 0 Å². The van der Waals surface area contributed by atoms with Crippen LogP contribution >= 0.6 is 11.3 Å². The molecule has 8 aromatic rings. The molecule has 0 aliphatic carbocycles. The molecule has 1 aliphatic rings. The van der Waals surface area contributed by atoms with Gasteiger partial charge in [0.05, 0.1) is 27.1 Å². The van der Waals surface area contributed by atoms with E-state index in [1.807, 2.05) is 11.3 Å². The Hall–Kier alpha value is -5.45. The zero-order valence-corrected chi connectivity index (χ0v) is 24.6. The first-order valence-electron chi connectivity index (χ1n) is 14.9. The standard InChI is InChI=1S/C40H27N3S/c1-3-13-26(14-4-1)32-25-33(27-15-5-2-6-16-27)42-40(41-32)31-20-12-22-35-38(31)30-18-7-9-21-34(30)43(35)36-23-11-19-29-28-17-8-10-24-37(28)44-39(29)36/h1-25,40-41H. The van der Waals surface area contributed by atoms with Crippen LogP contribution < -0.4 is 5.32 Å². The molecule has 1 unspecified atom stereocenters. The molecule has 0 saturated heterocycles. The summed E-state index contributed by atoms with van der Waals surface area (Å²) < 4.78 is 5.06. The normalized spacial score (nSPS) is 15.0. The molecule has 1 atom stereocenters. The molecule has 6 aromatic carbocycles. The number of nitrogens with one attached hydrogen (secondary N) is 1. The molecule has 2 aromatic heterocycles. The maximum Gasteiger partial charge on any atom is 0.146 e. The fraction of sp³-hybridized carbons (Fsp3) is 0.0250. The van der Waals surface area contributed by atoms with Gasteiger partial charge in [0.2, 0.25) is 0 Å². The Morgan fingerprint density at radius 3 is 2.07 bits per heavy atom. The van der Waals surface area contributed by atoms with E-state index in [1.165, 1.54) is 47.7 Å². The molecule has 4 heteroatoms. The van der Waals surface area contributed by atoms with Crippen molar-refractivity contribution in [2.24, 2.45) is 4.99 Å².